The SMILES string of the molecule is CCOC(=O)[C@@H]1[C@H]2CN(C(=O)c3sc(C(C)C)nc3C)C[C@@H]2C=C[C@@H]1C. The minimum absolute atomic E-state index is 0.0463. The third-order valence-corrected chi connectivity index (χ3v) is 6.90. The molecule has 0 unspecified atom stereocenters. The number of aryl methyl sites for hydroxylation is 1. The highest BCUT2D eigenvalue weighted by atomic mass is 32.1. The summed E-state index contributed by atoms with van der Waals surface area (Å²) in [6.45, 7) is 11.6. The fourth-order valence-corrected chi connectivity index (χ4v) is 5.10. The Hall–Kier alpha value is -1.69. The van der Waals surface area contributed by atoms with Gasteiger partial charge < -0.3 is 9.64 Å². The molecule has 2 heterocycles. The van der Waals surface area contributed by atoms with E-state index in [1.54, 1.807) is 0 Å². The van der Waals surface area contributed by atoms with E-state index in [2.05, 4.69) is 37.9 Å². The normalized spacial score (nSPS) is 27.7. The van der Waals surface area contributed by atoms with Crippen LogP contribution in [-0.4, -0.2) is 41.5 Å². The van der Waals surface area contributed by atoms with Gasteiger partial charge in [-0.25, -0.2) is 4.98 Å². The molecule has 0 spiro atoms. The minimum atomic E-state index is -0.170. The lowest BCUT2D eigenvalue weighted by Gasteiger charge is -2.31. The van der Waals surface area contributed by atoms with Gasteiger partial charge in [0.2, 0.25) is 0 Å². The highest BCUT2D eigenvalue weighted by Crippen LogP contribution is 2.41. The minimum Gasteiger partial charge on any atom is -0.466 e. The molecule has 142 valence electrons. The van der Waals surface area contributed by atoms with E-state index in [1.165, 1.54) is 11.3 Å². The number of esters is 1. The first-order valence-corrected chi connectivity index (χ1v) is 10.3. The predicted octanol–water partition coefficient (Wildman–Crippen LogP) is 3.65. The average Bonchev–Trinajstić information content (AvgIpc) is 3.18. The molecule has 1 amide bonds. The number of hydrogen-bond acceptors (Lipinski definition) is 5. The van der Waals surface area contributed by atoms with Crippen molar-refractivity contribution in [2.75, 3.05) is 19.7 Å². The molecule has 5 nitrogen and oxygen atoms in total. The lowest BCUT2D eigenvalue weighted by atomic mass is 9.72. The van der Waals surface area contributed by atoms with Crippen LogP contribution in [-0.2, 0) is 9.53 Å². The van der Waals surface area contributed by atoms with Gasteiger partial charge in [-0.1, -0.05) is 32.9 Å². The number of nitrogens with zero attached hydrogens (tertiary/aromatic N) is 2. The van der Waals surface area contributed by atoms with Crippen molar-refractivity contribution < 1.29 is 14.3 Å². The summed E-state index contributed by atoms with van der Waals surface area (Å²) in [5.74, 6) is 0.561. The zero-order chi connectivity index (χ0) is 19.0. The first-order valence-electron chi connectivity index (χ1n) is 9.45. The van der Waals surface area contributed by atoms with Crippen molar-refractivity contribution in [3.05, 3.63) is 27.7 Å². The van der Waals surface area contributed by atoms with Crippen molar-refractivity contribution in [1.82, 2.24) is 9.88 Å². The van der Waals surface area contributed by atoms with E-state index in [-0.39, 0.29) is 35.5 Å². The monoisotopic (exact) mass is 376 g/mol. The van der Waals surface area contributed by atoms with Gasteiger partial charge in [0.1, 0.15) is 4.88 Å². The lowest BCUT2D eigenvalue weighted by molar-refractivity contribution is -0.152. The third kappa shape index (κ3) is 3.43. The molecule has 0 radical (unpaired) electrons. The molecule has 0 bridgehead atoms. The summed E-state index contributed by atoms with van der Waals surface area (Å²) in [7, 11) is 0. The molecule has 26 heavy (non-hydrogen) atoms. The molecule has 1 aromatic heterocycles. The van der Waals surface area contributed by atoms with Crippen LogP contribution in [0.2, 0.25) is 0 Å². The molecule has 0 saturated carbocycles. The van der Waals surface area contributed by atoms with Crippen molar-refractivity contribution in [2.45, 2.75) is 40.5 Å². The highest BCUT2D eigenvalue weighted by Gasteiger charge is 2.46. The maximum Gasteiger partial charge on any atom is 0.309 e. The van der Waals surface area contributed by atoms with Crippen LogP contribution >= 0.6 is 11.3 Å². The highest BCUT2D eigenvalue weighted by molar-refractivity contribution is 7.13. The Balaban J connectivity index is 1.80. The number of allylic oxidation sites excluding steroid dienone is 1. The molecule has 1 saturated heterocycles. The zero-order valence-electron chi connectivity index (χ0n) is 16.2. The number of aromatic nitrogens is 1. The smallest absolute Gasteiger partial charge is 0.309 e. The van der Waals surface area contributed by atoms with Gasteiger partial charge in [0.25, 0.3) is 5.91 Å². The Labute approximate surface area is 159 Å². The molecule has 0 N–H and O–H groups in total. The van der Waals surface area contributed by atoms with Crippen LogP contribution in [0.25, 0.3) is 0 Å². The van der Waals surface area contributed by atoms with Crippen LogP contribution in [0.3, 0.4) is 0 Å². The predicted molar refractivity (Wildman–Crippen MR) is 102 cm³/mol. The molecule has 1 aliphatic heterocycles. The second kappa shape index (κ2) is 7.51. The Bertz CT molecular complexity index is 725. The Morgan fingerprint density at radius 1 is 1.35 bits per heavy atom. The van der Waals surface area contributed by atoms with Gasteiger partial charge in [-0.3, -0.25) is 9.59 Å². The van der Waals surface area contributed by atoms with Crippen LogP contribution in [0.4, 0.5) is 0 Å². The molecular formula is C20H28N2O3S. The summed E-state index contributed by atoms with van der Waals surface area (Å²) in [4.78, 5) is 32.7. The van der Waals surface area contributed by atoms with Gasteiger partial charge in [-0.2, -0.15) is 0 Å². The first-order chi connectivity index (χ1) is 12.3. The number of thiazole rings is 1. The summed E-state index contributed by atoms with van der Waals surface area (Å²) in [6.07, 6.45) is 4.28. The number of fused-ring (bicyclic) bond motifs is 1. The number of hydrogen-bond donors (Lipinski definition) is 0. The van der Waals surface area contributed by atoms with Crippen LogP contribution in [0, 0.1) is 30.6 Å². The maximum atomic E-state index is 13.1. The molecular weight excluding hydrogens is 348 g/mol. The molecule has 4 atom stereocenters. The number of ether oxygens (including phenoxy) is 1. The fraction of sp³-hybridized carbons (Fsp3) is 0.650. The van der Waals surface area contributed by atoms with Crippen molar-refractivity contribution >= 4 is 23.2 Å². The van der Waals surface area contributed by atoms with Crippen LogP contribution in [0.5, 0.6) is 0 Å². The molecule has 0 aromatic carbocycles. The summed E-state index contributed by atoms with van der Waals surface area (Å²) in [5.41, 5.74) is 0.810. The van der Waals surface area contributed by atoms with E-state index < -0.39 is 0 Å². The van der Waals surface area contributed by atoms with Crippen molar-refractivity contribution in [1.29, 1.82) is 0 Å². The van der Waals surface area contributed by atoms with E-state index in [9.17, 15) is 9.59 Å². The van der Waals surface area contributed by atoms with Gasteiger partial charge >= 0.3 is 5.97 Å². The van der Waals surface area contributed by atoms with Crippen LogP contribution in [0.15, 0.2) is 12.2 Å². The van der Waals surface area contributed by atoms with Crippen LogP contribution in [0.1, 0.15) is 54.0 Å². The number of carbonyl (C=O) groups excluding carboxylic acids is 2. The van der Waals surface area contributed by atoms with Gasteiger partial charge in [-0.05, 0) is 31.6 Å². The quantitative estimate of drug-likeness (QED) is 0.594. The van der Waals surface area contributed by atoms with Crippen LogP contribution < -0.4 is 0 Å². The number of carbonyl (C=O) groups is 2. The third-order valence-electron chi connectivity index (χ3n) is 5.45. The van der Waals surface area contributed by atoms with Gasteiger partial charge in [0, 0.05) is 19.0 Å². The van der Waals surface area contributed by atoms with Gasteiger partial charge in [0.15, 0.2) is 0 Å². The van der Waals surface area contributed by atoms with Gasteiger partial charge in [0.05, 0.1) is 23.2 Å². The summed E-state index contributed by atoms with van der Waals surface area (Å²) in [5, 5.41) is 1.00. The molecule has 1 aliphatic carbocycles. The number of likely N-dealkylation sites (tertiary alicyclic amines) is 1. The van der Waals surface area contributed by atoms with Crippen molar-refractivity contribution in [3.63, 3.8) is 0 Å². The Morgan fingerprint density at radius 3 is 2.69 bits per heavy atom. The largest absolute Gasteiger partial charge is 0.466 e. The lowest BCUT2D eigenvalue weighted by Crippen LogP contribution is -2.37. The Kier molecular flexibility index (Phi) is 5.51. The van der Waals surface area contributed by atoms with E-state index >= 15 is 0 Å². The standard InChI is InChI=1S/C20H28N2O3S/c1-6-25-20(24)16-12(4)7-8-14-9-22(10-15(14)16)19(23)17-13(5)21-18(26-17)11(2)3/h7-8,11-12,14-16H,6,9-10H2,1-5H3/t12-,14-,15-,16-/m0/s1. The first kappa shape index (κ1) is 19.1. The summed E-state index contributed by atoms with van der Waals surface area (Å²) < 4.78 is 5.30. The van der Waals surface area contributed by atoms with Crippen molar-refractivity contribution in [2.24, 2.45) is 23.7 Å². The molecule has 1 fully saturated rings. The molecule has 3 rings (SSSR count). The van der Waals surface area contributed by atoms with E-state index in [1.807, 2.05) is 18.7 Å². The summed E-state index contributed by atoms with van der Waals surface area (Å²) >= 11 is 1.50. The van der Waals surface area contributed by atoms with Crippen molar-refractivity contribution in [3.8, 4) is 0 Å². The number of amides is 1. The van der Waals surface area contributed by atoms with Gasteiger partial charge in [-0.15, -0.1) is 11.3 Å². The second-order valence-electron chi connectivity index (χ2n) is 7.68. The molecule has 2 aliphatic rings. The fourth-order valence-electron chi connectivity index (χ4n) is 4.07. The van der Waals surface area contributed by atoms with E-state index in [4.69, 9.17) is 4.74 Å². The summed E-state index contributed by atoms with van der Waals surface area (Å²) in [6, 6.07) is 0. The number of rotatable bonds is 4. The second-order valence-corrected chi connectivity index (χ2v) is 8.71. The molecule has 6 heteroatoms. The topological polar surface area (TPSA) is 59.5 Å². The maximum absolute atomic E-state index is 13.1. The zero-order valence-corrected chi connectivity index (χ0v) is 17.0. The van der Waals surface area contributed by atoms with E-state index in [0.717, 1.165) is 15.6 Å². The van der Waals surface area contributed by atoms with E-state index in [0.29, 0.717) is 25.6 Å². The average molecular weight is 377 g/mol. The molecule has 1 aromatic rings. The Morgan fingerprint density at radius 2 is 2.08 bits per heavy atom.